The standard InChI is InChI=1S/C29H45N5O5/c1-7-17(5)24(30)28(37)33-22(13-16(3)4)26(35)32-23(27(36)34-25(29(38)39)18(6)8-2)14-19-15-31-21-12-10-9-11-20(19)21/h9-12,15-18,22-25,31H,7-8,13-14,30H2,1-6H3,(H,32,35)(H,33,37)(H,34,36)(H,38,39). The van der Waals surface area contributed by atoms with Gasteiger partial charge in [-0.1, -0.05) is 72.6 Å². The van der Waals surface area contributed by atoms with E-state index in [4.69, 9.17) is 5.73 Å². The van der Waals surface area contributed by atoms with E-state index >= 15 is 0 Å². The van der Waals surface area contributed by atoms with E-state index in [1.54, 1.807) is 13.1 Å². The third-order valence-corrected chi connectivity index (χ3v) is 7.41. The summed E-state index contributed by atoms with van der Waals surface area (Å²) in [7, 11) is 0. The molecule has 1 aromatic heterocycles. The number of carbonyl (C=O) groups is 4. The zero-order chi connectivity index (χ0) is 29.3. The number of aromatic amines is 1. The van der Waals surface area contributed by atoms with Crippen LogP contribution in [0.15, 0.2) is 30.5 Å². The summed E-state index contributed by atoms with van der Waals surface area (Å²) in [5, 5.41) is 18.8. The number of rotatable bonds is 15. The number of nitrogens with one attached hydrogen (secondary N) is 4. The van der Waals surface area contributed by atoms with E-state index in [9.17, 15) is 24.3 Å². The third-order valence-electron chi connectivity index (χ3n) is 7.41. The molecule has 10 heteroatoms. The molecule has 2 aromatic rings. The van der Waals surface area contributed by atoms with Crippen molar-refractivity contribution >= 4 is 34.6 Å². The van der Waals surface area contributed by atoms with Crippen LogP contribution in [-0.4, -0.2) is 57.9 Å². The maximum absolute atomic E-state index is 13.5. The lowest BCUT2D eigenvalue weighted by Crippen LogP contribution is -2.58. The van der Waals surface area contributed by atoms with Gasteiger partial charge in [0.1, 0.15) is 18.1 Å². The van der Waals surface area contributed by atoms with Crippen LogP contribution in [-0.2, 0) is 25.6 Å². The average molecular weight is 544 g/mol. The van der Waals surface area contributed by atoms with E-state index in [-0.39, 0.29) is 24.2 Å². The number of benzene rings is 1. The van der Waals surface area contributed by atoms with E-state index in [0.717, 1.165) is 16.5 Å². The second kappa shape index (κ2) is 14.7. The fourth-order valence-corrected chi connectivity index (χ4v) is 4.42. The molecule has 6 atom stereocenters. The van der Waals surface area contributed by atoms with Crippen molar-refractivity contribution in [3.8, 4) is 0 Å². The summed E-state index contributed by atoms with van der Waals surface area (Å²) in [4.78, 5) is 54.9. The quantitative estimate of drug-likeness (QED) is 0.202. The van der Waals surface area contributed by atoms with Crippen molar-refractivity contribution in [2.75, 3.05) is 0 Å². The molecule has 0 saturated heterocycles. The Balaban J connectivity index is 2.35. The van der Waals surface area contributed by atoms with Gasteiger partial charge in [0.15, 0.2) is 0 Å². The van der Waals surface area contributed by atoms with Crippen molar-refractivity contribution in [3.63, 3.8) is 0 Å². The minimum absolute atomic E-state index is 0.0679. The predicted octanol–water partition coefficient (Wildman–Crippen LogP) is 2.72. The van der Waals surface area contributed by atoms with Crippen LogP contribution in [0.2, 0.25) is 0 Å². The summed E-state index contributed by atoms with van der Waals surface area (Å²) >= 11 is 0. The lowest BCUT2D eigenvalue weighted by atomic mass is 9.96. The zero-order valence-electron chi connectivity index (χ0n) is 23.9. The molecule has 0 aliphatic heterocycles. The van der Waals surface area contributed by atoms with E-state index in [1.807, 2.05) is 58.9 Å². The van der Waals surface area contributed by atoms with Crippen LogP contribution in [0.5, 0.6) is 0 Å². The number of hydrogen-bond acceptors (Lipinski definition) is 5. The topological polar surface area (TPSA) is 166 Å². The summed E-state index contributed by atoms with van der Waals surface area (Å²) in [6.45, 7) is 11.3. The Kier molecular flexibility index (Phi) is 12.0. The predicted molar refractivity (Wildman–Crippen MR) is 152 cm³/mol. The Labute approximate surface area is 230 Å². The molecule has 0 radical (unpaired) electrons. The highest BCUT2D eigenvalue weighted by molar-refractivity contribution is 5.95. The highest BCUT2D eigenvalue weighted by Crippen LogP contribution is 2.20. The van der Waals surface area contributed by atoms with Crippen LogP contribution in [0, 0.1) is 17.8 Å². The number of aliphatic carboxylic acids is 1. The molecule has 216 valence electrons. The Morgan fingerprint density at radius 3 is 2.05 bits per heavy atom. The molecule has 0 fully saturated rings. The first-order chi connectivity index (χ1) is 18.4. The summed E-state index contributed by atoms with van der Waals surface area (Å²) in [5.41, 5.74) is 7.78. The number of carbonyl (C=O) groups excluding carboxylic acids is 3. The fraction of sp³-hybridized carbons (Fsp3) is 0.586. The zero-order valence-corrected chi connectivity index (χ0v) is 23.9. The van der Waals surface area contributed by atoms with Crippen LogP contribution in [0.1, 0.15) is 66.4 Å². The van der Waals surface area contributed by atoms with Gasteiger partial charge < -0.3 is 31.8 Å². The first kappa shape index (κ1) is 31.8. The Hall–Kier alpha value is -3.40. The molecular formula is C29H45N5O5. The summed E-state index contributed by atoms with van der Waals surface area (Å²) in [6, 6.07) is 3.74. The lowest BCUT2D eigenvalue weighted by molar-refractivity contribution is -0.143. The van der Waals surface area contributed by atoms with Crippen LogP contribution in [0.4, 0.5) is 0 Å². The first-order valence-electron chi connectivity index (χ1n) is 13.8. The van der Waals surface area contributed by atoms with Crippen LogP contribution in [0.3, 0.4) is 0 Å². The van der Waals surface area contributed by atoms with Crippen molar-refractivity contribution in [2.24, 2.45) is 23.5 Å². The minimum Gasteiger partial charge on any atom is -0.480 e. The number of aromatic nitrogens is 1. The third kappa shape index (κ3) is 8.81. The van der Waals surface area contributed by atoms with Crippen molar-refractivity contribution in [3.05, 3.63) is 36.0 Å². The number of nitrogens with two attached hydrogens (primary N) is 1. The molecule has 0 saturated carbocycles. The number of carboxylic acid groups (broad SMARTS) is 1. The molecule has 7 N–H and O–H groups in total. The van der Waals surface area contributed by atoms with Gasteiger partial charge >= 0.3 is 5.97 Å². The SMILES string of the molecule is CCC(C)C(N)C(=O)NC(CC(C)C)C(=O)NC(Cc1c[nH]c2ccccc12)C(=O)NC(C(=O)O)C(C)CC. The van der Waals surface area contributed by atoms with E-state index in [0.29, 0.717) is 19.3 Å². The van der Waals surface area contributed by atoms with Crippen molar-refractivity contribution < 1.29 is 24.3 Å². The van der Waals surface area contributed by atoms with Gasteiger partial charge in [-0.05, 0) is 35.8 Å². The van der Waals surface area contributed by atoms with Crippen molar-refractivity contribution in [2.45, 2.75) is 91.4 Å². The van der Waals surface area contributed by atoms with Gasteiger partial charge in [0.25, 0.3) is 0 Å². The number of hydrogen-bond donors (Lipinski definition) is 6. The van der Waals surface area contributed by atoms with Crippen LogP contribution >= 0.6 is 0 Å². The molecule has 1 aromatic carbocycles. The van der Waals surface area contributed by atoms with Gasteiger partial charge in [-0.3, -0.25) is 14.4 Å². The number of para-hydroxylation sites is 1. The van der Waals surface area contributed by atoms with Gasteiger partial charge in [-0.2, -0.15) is 0 Å². The fourth-order valence-electron chi connectivity index (χ4n) is 4.42. The molecule has 0 aliphatic rings. The maximum Gasteiger partial charge on any atom is 0.326 e. The Morgan fingerprint density at radius 2 is 1.46 bits per heavy atom. The molecule has 39 heavy (non-hydrogen) atoms. The molecule has 10 nitrogen and oxygen atoms in total. The largest absolute Gasteiger partial charge is 0.480 e. The molecule has 0 bridgehead atoms. The van der Waals surface area contributed by atoms with Crippen molar-refractivity contribution in [1.29, 1.82) is 0 Å². The summed E-state index contributed by atoms with van der Waals surface area (Å²) < 4.78 is 0. The smallest absolute Gasteiger partial charge is 0.326 e. The van der Waals surface area contributed by atoms with E-state index in [2.05, 4.69) is 20.9 Å². The molecule has 0 spiro atoms. The summed E-state index contributed by atoms with van der Waals surface area (Å²) in [5.74, 6) is -3.00. The Morgan fingerprint density at radius 1 is 0.872 bits per heavy atom. The van der Waals surface area contributed by atoms with Gasteiger partial charge in [0, 0.05) is 23.5 Å². The lowest BCUT2D eigenvalue weighted by Gasteiger charge is -2.27. The van der Waals surface area contributed by atoms with Crippen LogP contribution < -0.4 is 21.7 Å². The highest BCUT2D eigenvalue weighted by Gasteiger charge is 2.33. The Bertz CT molecular complexity index is 1130. The minimum atomic E-state index is -1.14. The van der Waals surface area contributed by atoms with E-state index < -0.39 is 47.9 Å². The average Bonchev–Trinajstić information content (AvgIpc) is 3.31. The summed E-state index contributed by atoms with van der Waals surface area (Å²) in [6.07, 6.45) is 3.51. The molecule has 2 rings (SSSR count). The number of amides is 3. The monoisotopic (exact) mass is 543 g/mol. The second-order valence-electron chi connectivity index (χ2n) is 10.9. The molecule has 0 aliphatic carbocycles. The molecule has 1 heterocycles. The van der Waals surface area contributed by atoms with Gasteiger partial charge in [0.2, 0.25) is 17.7 Å². The van der Waals surface area contributed by atoms with Gasteiger partial charge in [-0.25, -0.2) is 4.79 Å². The second-order valence-corrected chi connectivity index (χ2v) is 10.9. The maximum atomic E-state index is 13.5. The van der Waals surface area contributed by atoms with Crippen molar-refractivity contribution in [1.82, 2.24) is 20.9 Å². The molecule has 6 unspecified atom stereocenters. The normalized spacial score (nSPS) is 16.1. The number of fused-ring (bicyclic) bond motifs is 1. The first-order valence-corrected chi connectivity index (χ1v) is 13.8. The molecule has 3 amide bonds. The van der Waals surface area contributed by atoms with Gasteiger partial charge in [0.05, 0.1) is 6.04 Å². The number of carboxylic acids is 1. The molecular weight excluding hydrogens is 498 g/mol. The number of H-pyrrole nitrogens is 1. The van der Waals surface area contributed by atoms with E-state index in [1.165, 1.54) is 0 Å². The van der Waals surface area contributed by atoms with Gasteiger partial charge in [-0.15, -0.1) is 0 Å². The van der Waals surface area contributed by atoms with Crippen LogP contribution in [0.25, 0.3) is 10.9 Å². The highest BCUT2D eigenvalue weighted by atomic mass is 16.4.